The summed E-state index contributed by atoms with van der Waals surface area (Å²) in [5, 5.41) is 21.7. The fourth-order valence-corrected chi connectivity index (χ4v) is 6.18. The summed E-state index contributed by atoms with van der Waals surface area (Å²) in [4.78, 5) is 6.64. The topological polar surface area (TPSA) is 78.6 Å². The molecule has 0 radical (unpaired) electrons. The Balaban J connectivity index is 0.000000391. The summed E-state index contributed by atoms with van der Waals surface area (Å²) in [6, 6.07) is 21.0. The molecule has 6 rings (SSSR count). The van der Waals surface area contributed by atoms with Crippen molar-refractivity contribution in [2.45, 2.75) is 42.8 Å². The number of hydrogen-bond donors (Lipinski definition) is 1. The van der Waals surface area contributed by atoms with Crippen molar-refractivity contribution < 1.29 is 14.6 Å². The predicted octanol–water partition coefficient (Wildman–Crippen LogP) is 5.38. The number of nitriles is 1. The van der Waals surface area contributed by atoms with Crippen LogP contribution in [0.2, 0.25) is 5.15 Å². The normalized spacial score (nSPS) is 26.2. The van der Waals surface area contributed by atoms with Crippen LogP contribution in [0.5, 0.6) is 11.6 Å². The standard InChI is InChI=1S/C24H19ClN2O3.C5H11N/c1-29-22-21-19(13-20(25)27-22)30-24(17-9-7-15(14-26)8-10-17)18(11-12-23(21,24)28)16-5-3-2-4-6-16;1-6-4-2-3-5-6/h2-10,13,18,28H,11-12H2,1H3;2-5H2,1H3. The number of benzene rings is 2. The molecule has 7 heteroatoms. The summed E-state index contributed by atoms with van der Waals surface area (Å²) in [6.45, 7) is 2.64. The van der Waals surface area contributed by atoms with Crippen LogP contribution in [-0.4, -0.2) is 42.2 Å². The number of pyridine rings is 1. The third-order valence-corrected chi connectivity index (χ3v) is 7.86. The Morgan fingerprint density at radius 1 is 1.14 bits per heavy atom. The van der Waals surface area contributed by atoms with Crippen LogP contribution in [0.4, 0.5) is 0 Å². The van der Waals surface area contributed by atoms with Crippen LogP contribution >= 0.6 is 11.6 Å². The van der Waals surface area contributed by atoms with Gasteiger partial charge in [-0.1, -0.05) is 54.1 Å². The molecular weight excluding hydrogens is 474 g/mol. The van der Waals surface area contributed by atoms with Crippen molar-refractivity contribution in [1.82, 2.24) is 9.88 Å². The van der Waals surface area contributed by atoms with E-state index >= 15 is 0 Å². The van der Waals surface area contributed by atoms with Gasteiger partial charge < -0.3 is 19.5 Å². The smallest absolute Gasteiger partial charge is 0.224 e. The SMILES string of the molecule is CN1CCCC1.COc1nc(Cl)cc2c1C1(O)CCC(c3ccccc3)C1(c1ccc(C#N)cc1)O2. The second-order valence-electron chi connectivity index (χ2n) is 9.73. The molecule has 186 valence electrons. The molecule has 1 aliphatic carbocycles. The first-order valence-corrected chi connectivity index (χ1v) is 12.7. The van der Waals surface area contributed by atoms with Crippen molar-refractivity contribution in [1.29, 1.82) is 5.26 Å². The minimum absolute atomic E-state index is 0.118. The molecule has 1 aromatic heterocycles. The highest BCUT2D eigenvalue weighted by molar-refractivity contribution is 6.29. The summed E-state index contributed by atoms with van der Waals surface area (Å²) in [6.07, 6.45) is 4.01. The molecule has 36 heavy (non-hydrogen) atoms. The summed E-state index contributed by atoms with van der Waals surface area (Å²) >= 11 is 6.20. The third-order valence-electron chi connectivity index (χ3n) is 7.67. The zero-order valence-electron chi connectivity index (χ0n) is 20.6. The molecule has 3 aromatic rings. The molecule has 1 N–H and O–H groups in total. The lowest BCUT2D eigenvalue weighted by molar-refractivity contribution is -0.106. The van der Waals surface area contributed by atoms with Crippen molar-refractivity contribution in [3.8, 4) is 17.7 Å². The van der Waals surface area contributed by atoms with Gasteiger partial charge >= 0.3 is 0 Å². The van der Waals surface area contributed by atoms with Crippen LogP contribution in [0.25, 0.3) is 0 Å². The molecule has 0 spiro atoms. The number of aliphatic hydroxyl groups is 1. The Bertz CT molecular complexity index is 1270. The van der Waals surface area contributed by atoms with E-state index < -0.39 is 11.2 Å². The minimum atomic E-state index is -1.36. The highest BCUT2D eigenvalue weighted by Crippen LogP contribution is 2.68. The van der Waals surface area contributed by atoms with Crippen molar-refractivity contribution in [2.24, 2.45) is 0 Å². The van der Waals surface area contributed by atoms with Crippen molar-refractivity contribution in [2.75, 3.05) is 27.2 Å². The zero-order chi connectivity index (χ0) is 25.3. The number of nitrogens with zero attached hydrogens (tertiary/aromatic N) is 3. The molecule has 3 atom stereocenters. The van der Waals surface area contributed by atoms with Crippen LogP contribution in [0.3, 0.4) is 0 Å². The Morgan fingerprint density at radius 2 is 1.83 bits per heavy atom. The molecule has 0 bridgehead atoms. The largest absolute Gasteiger partial charge is 0.481 e. The van der Waals surface area contributed by atoms with Gasteiger partial charge in [-0.15, -0.1) is 0 Å². The van der Waals surface area contributed by atoms with Gasteiger partial charge in [0.25, 0.3) is 0 Å². The second-order valence-corrected chi connectivity index (χ2v) is 10.1. The molecule has 3 unspecified atom stereocenters. The second kappa shape index (κ2) is 9.74. The number of rotatable bonds is 3. The van der Waals surface area contributed by atoms with Gasteiger partial charge in [-0.05, 0) is 69.1 Å². The lowest BCUT2D eigenvalue weighted by atomic mass is 9.72. The first-order chi connectivity index (χ1) is 17.4. The van der Waals surface area contributed by atoms with Crippen molar-refractivity contribution in [3.05, 3.63) is 88.1 Å². The van der Waals surface area contributed by atoms with Crippen LogP contribution in [0, 0.1) is 11.3 Å². The summed E-state index contributed by atoms with van der Waals surface area (Å²) in [7, 11) is 3.68. The number of fused-ring (bicyclic) bond motifs is 3. The monoisotopic (exact) mass is 503 g/mol. The molecule has 0 amide bonds. The third kappa shape index (κ3) is 3.92. The van der Waals surface area contributed by atoms with Gasteiger partial charge in [0.1, 0.15) is 16.5 Å². The lowest BCUT2D eigenvalue weighted by Gasteiger charge is -2.40. The number of ether oxygens (including phenoxy) is 2. The Kier molecular flexibility index (Phi) is 6.65. The fourth-order valence-electron chi connectivity index (χ4n) is 6.00. The molecule has 6 nitrogen and oxygen atoms in total. The molecule has 2 aliphatic heterocycles. The molecule has 2 fully saturated rings. The van der Waals surface area contributed by atoms with Crippen LogP contribution in [0.15, 0.2) is 60.7 Å². The van der Waals surface area contributed by atoms with E-state index in [4.69, 9.17) is 21.1 Å². The highest BCUT2D eigenvalue weighted by Gasteiger charge is 2.69. The van der Waals surface area contributed by atoms with Gasteiger partial charge in [0.2, 0.25) is 5.88 Å². The first kappa shape index (κ1) is 24.6. The van der Waals surface area contributed by atoms with E-state index in [1.165, 1.54) is 33.0 Å². The minimum Gasteiger partial charge on any atom is -0.481 e. The van der Waals surface area contributed by atoms with E-state index in [-0.39, 0.29) is 17.0 Å². The molecule has 2 aromatic carbocycles. The lowest BCUT2D eigenvalue weighted by Crippen LogP contribution is -2.48. The molecule has 3 aliphatic rings. The maximum atomic E-state index is 12.2. The van der Waals surface area contributed by atoms with E-state index in [0.717, 1.165) is 11.1 Å². The maximum Gasteiger partial charge on any atom is 0.224 e. The summed E-state index contributed by atoms with van der Waals surface area (Å²) in [5.41, 5.74) is 0.487. The highest BCUT2D eigenvalue weighted by atomic mass is 35.5. The van der Waals surface area contributed by atoms with Crippen molar-refractivity contribution in [3.63, 3.8) is 0 Å². The Hall–Kier alpha value is -3.11. The predicted molar refractivity (Wildman–Crippen MR) is 138 cm³/mol. The van der Waals surface area contributed by atoms with E-state index in [1.807, 2.05) is 30.3 Å². The number of hydrogen-bond acceptors (Lipinski definition) is 6. The molecular formula is C29H30ClN3O3. The number of likely N-dealkylation sites (tertiary alicyclic amines) is 1. The molecule has 1 saturated heterocycles. The first-order valence-electron chi connectivity index (χ1n) is 12.3. The average Bonchev–Trinajstić information content (AvgIpc) is 3.56. The van der Waals surface area contributed by atoms with Crippen molar-refractivity contribution >= 4 is 11.6 Å². The molecule has 1 saturated carbocycles. The van der Waals surface area contributed by atoms with E-state index in [2.05, 4.69) is 35.1 Å². The Morgan fingerprint density at radius 3 is 2.42 bits per heavy atom. The van der Waals surface area contributed by atoms with Gasteiger partial charge in [-0.25, -0.2) is 4.98 Å². The summed E-state index contributed by atoms with van der Waals surface area (Å²) in [5.74, 6) is 0.621. The fraction of sp³-hybridized carbons (Fsp3) is 0.379. The van der Waals surface area contributed by atoms with Crippen LogP contribution in [-0.2, 0) is 11.2 Å². The van der Waals surface area contributed by atoms with Gasteiger partial charge in [0.05, 0.1) is 24.3 Å². The van der Waals surface area contributed by atoms with Crippen LogP contribution in [0.1, 0.15) is 53.9 Å². The molecule has 3 heterocycles. The Labute approximate surface area is 217 Å². The maximum absolute atomic E-state index is 12.2. The van der Waals surface area contributed by atoms with Crippen LogP contribution < -0.4 is 9.47 Å². The van der Waals surface area contributed by atoms with Gasteiger partial charge in [-0.3, -0.25) is 0 Å². The van der Waals surface area contributed by atoms with E-state index in [9.17, 15) is 10.4 Å². The van der Waals surface area contributed by atoms with Gasteiger partial charge in [-0.2, -0.15) is 5.26 Å². The van der Waals surface area contributed by atoms with E-state index in [0.29, 0.717) is 29.7 Å². The summed E-state index contributed by atoms with van der Waals surface area (Å²) < 4.78 is 12.1. The number of methoxy groups -OCH3 is 1. The van der Waals surface area contributed by atoms with Gasteiger partial charge in [0.15, 0.2) is 5.60 Å². The van der Waals surface area contributed by atoms with Gasteiger partial charge in [0, 0.05) is 12.0 Å². The number of halogens is 1. The number of aromatic nitrogens is 1. The zero-order valence-corrected chi connectivity index (χ0v) is 21.3. The average molecular weight is 504 g/mol. The quantitative estimate of drug-likeness (QED) is 0.483. The van der Waals surface area contributed by atoms with E-state index in [1.54, 1.807) is 18.2 Å².